The zero-order valence-electron chi connectivity index (χ0n) is 9.39. The van der Waals surface area contributed by atoms with E-state index in [1.54, 1.807) is 12.3 Å². The molecule has 0 aliphatic carbocycles. The standard InChI is InChI=1S/C10H16N4O2S/c11-10-9(13-17(15)16)8(4-5-12-10)14-6-2-1-3-7-14/h4-5,13H,1-3,6-7H2,(H2,11,12)(H,15,16)/p-1. The number of nitrogens with two attached hydrogens (primary N) is 1. The lowest BCUT2D eigenvalue weighted by Crippen LogP contribution is -2.30. The van der Waals surface area contributed by atoms with Gasteiger partial charge in [-0.3, -0.25) is 4.21 Å². The number of nitrogens with one attached hydrogen (secondary N) is 1. The molecule has 1 unspecified atom stereocenters. The second-order valence-corrected chi connectivity index (χ2v) is 4.65. The zero-order valence-corrected chi connectivity index (χ0v) is 10.2. The van der Waals surface area contributed by atoms with Crippen molar-refractivity contribution in [3.8, 4) is 0 Å². The molecule has 1 aromatic heterocycles. The van der Waals surface area contributed by atoms with E-state index in [1.165, 1.54) is 6.42 Å². The molecule has 1 atom stereocenters. The van der Waals surface area contributed by atoms with Crippen LogP contribution in [-0.4, -0.2) is 26.8 Å². The third-order valence-corrected chi connectivity index (χ3v) is 3.21. The van der Waals surface area contributed by atoms with Crippen LogP contribution in [0.2, 0.25) is 0 Å². The molecule has 0 saturated carbocycles. The zero-order chi connectivity index (χ0) is 12.3. The lowest BCUT2D eigenvalue weighted by Gasteiger charge is -2.31. The minimum absolute atomic E-state index is 0.206. The van der Waals surface area contributed by atoms with Crippen molar-refractivity contribution >= 4 is 28.5 Å². The van der Waals surface area contributed by atoms with Crippen LogP contribution < -0.4 is 15.4 Å². The number of anilines is 3. The molecule has 0 aromatic carbocycles. The molecular formula is C10H15N4O2S-. The van der Waals surface area contributed by atoms with Crippen LogP contribution in [0, 0.1) is 0 Å². The summed E-state index contributed by atoms with van der Waals surface area (Å²) in [5, 5.41) is 0. The van der Waals surface area contributed by atoms with Crippen LogP contribution in [0.4, 0.5) is 17.2 Å². The summed E-state index contributed by atoms with van der Waals surface area (Å²) in [5.74, 6) is 0.206. The molecular weight excluding hydrogens is 240 g/mol. The van der Waals surface area contributed by atoms with Crippen LogP contribution in [0.1, 0.15) is 19.3 Å². The second kappa shape index (κ2) is 5.33. The Bertz CT molecular complexity index is 421. The van der Waals surface area contributed by atoms with Gasteiger partial charge in [-0.15, -0.1) is 0 Å². The maximum atomic E-state index is 10.7. The van der Waals surface area contributed by atoms with Crippen LogP contribution in [-0.2, 0) is 11.3 Å². The van der Waals surface area contributed by atoms with Crippen LogP contribution in [0.25, 0.3) is 0 Å². The average Bonchev–Trinajstić information content (AvgIpc) is 2.32. The Balaban J connectivity index is 2.30. The number of nitrogens with zero attached hydrogens (tertiary/aromatic N) is 2. The fourth-order valence-electron chi connectivity index (χ4n) is 2.05. The SMILES string of the molecule is Nc1nccc(N2CCCCC2)c1NS(=O)[O-]. The van der Waals surface area contributed by atoms with Gasteiger partial charge in [0.05, 0.1) is 5.69 Å². The van der Waals surface area contributed by atoms with Crippen molar-refractivity contribution in [2.45, 2.75) is 19.3 Å². The van der Waals surface area contributed by atoms with Gasteiger partial charge in [-0.05, 0) is 25.3 Å². The van der Waals surface area contributed by atoms with E-state index in [2.05, 4.69) is 14.6 Å². The van der Waals surface area contributed by atoms with Crippen LogP contribution in [0.5, 0.6) is 0 Å². The summed E-state index contributed by atoms with van der Waals surface area (Å²) < 4.78 is 23.8. The number of piperidine rings is 1. The quantitative estimate of drug-likeness (QED) is 0.781. The molecule has 2 heterocycles. The van der Waals surface area contributed by atoms with E-state index in [0.717, 1.165) is 31.6 Å². The van der Waals surface area contributed by atoms with Crippen molar-refractivity contribution in [2.75, 3.05) is 28.4 Å². The highest BCUT2D eigenvalue weighted by Crippen LogP contribution is 2.31. The number of hydrogen-bond donors (Lipinski definition) is 2. The fraction of sp³-hybridized carbons (Fsp3) is 0.500. The Kier molecular flexibility index (Phi) is 3.80. The molecule has 1 fully saturated rings. The van der Waals surface area contributed by atoms with Gasteiger partial charge in [0.2, 0.25) is 0 Å². The summed E-state index contributed by atoms with van der Waals surface area (Å²) in [6, 6.07) is 1.79. The van der Waals surface area contributed by atoms with Gasteiger partial charge in [0.1, 0.15) is 11.5 Å². The normalized spacial score (nSPS) is 17.8. The molecule has 6 nitrogen and oxygen atoms in total. The molecule has 2 rings (SSSR count). The van der Waals surface area contributed by atoms with Gasteiger partial charge in [-0.1, -0.05) is 0 Å². The molecule has 1 aliphatic rings. The first-order valence-corrected chi connectivity index (χ1v) is 6.61. The van der Waals surface area contributed by atoms with E-state index in [-0.39, 0.29) is 5.82 Å². The smallest absolute Gasteiger partial charge is 0.149 e. The van der Waals surface area contributed by atoms with Gasteiger partial charge in [0, 0.05) is 30.6 Å². The molecule has 0 bridgehead atoms. The monoisotopic (exact) mass is 255 g/mol. The fourth-order valence-corrected chi connectivity index (χ4v) is 2.43. The van der Waals surface area contributed by atoms with E-state index in [0.29, 0.717) is 5.69 Å². The highest BCUT2D eigenvalue weighted by atomic mass is 32.2. The molecule has 0 amide bonds. The number of rotatable bonds is 3. The largest absolute Gasteiger partial charge is 0.755 e. The summed E-state index contributed by atoms with van der Waals surface area (Å²) in [4.78, 5) is 6.04. The topological polar surface area (TPSA) is 94.3 Å². The Labute approximate surface area is 103 Å². The molecule has 1 saturated heterocycles. The van der Waals surface area contributed by atoms with Crippen molar-refractivity contribution in [2.24, 2.45) is 0 Å². The first kappa shape index (κ1) is 12.1. The Morgan fingerprint density at radius 3 is 2.76 bits per heavy atom. The summed E-state index contributed by atoms with van der Waals surface area (Å²) in [7, 11) is 0. The maximum absolute atomic E-state index is 10.7. The van der Waals surface area contributed by atoms with Crippen molar-refractivity contribution in [1.29, 1.82) is 0 Å². The van der Waals surface area contributed by atoms with Crippen molar-refractivity contribution in [3.63, 3.8) is 0 Å². The summed E-state index contributed by atoms with van der Waals surface area (Å²) in [6.07, 6.45) is 5.04. The number of nitrogen functional groups attached to an aromatic ring is 1. The number of pyridine rings is 1. The molecule has 0 radical (unpaired) electrons. The predicted molar refractivity (Wildman–Crippen MR) is 67.3 cm³/mol. The molecule has 1 aliphatic heterocycles. The first-order valence-electron chi connectivity index (χ1n) is 5.54. The number of hydrogen-bond acceptors (Lipinski definition) is 5. The molecule has 7 heteroatoms. The third kappa shape index (κ3) is 2.86. The summed E-state index contributed by atoms with van der Waals surface area (Å²) >= 11 is -2.39. The number of aromatic nitrogens is 1. The van der Waals surface area contributed by atoms with E-state index in [9.17, 15) is 8.76 Å². The minimum Gasteiger partial charge on any atom is -0.755 e. The molecule has 94 valence electrons. The van der Waals surface area contributed by atoms with Crippen LogP contribution in [0.15, 0.2) is 12.3 Å². The van der Waals surface area contributed by atoms with E-state index in [1.807, 2.05) is 0 Å². The van der Waals surface area contributed by atoms with Gasteiger partial charge in [0.25, 0.3) is 0 Å². The first-order chi connectivity index (χ1) is 8.18. The van der Waals surface area contributed by atoms with Crippen molar-refractivity contribution in [1.82, 2.24) is 4.98 Å². The van der Waals surface area contributed by atoms with Gasteiger partial charge in [0.15, 0.2) is 0 Å². The summed E-state index contributed by atoms with van der Waals surface area (Å²) in [5.41, 5.74) is 6.89. The van der Waals surface area contributed by atoms with Crippen molar-refractivity contribution < 1.29 is 8.76 Å². The van der Waals surface area contributed by atoms with Gasteiger partial charge < -0.3 is 19.9 Å². The van der Waals surface area contributed by atoms with Crippen LogP contribution in [0.3, 0.4) is 0 Å². The molecule has 1 aromatic rings. The lowest BCUT2D eigenvalue weighted by molar-refractivity contribution is 0.542. The van der Waals surface area contributed by atoms with Gasteiger partial charge >= 0.3 is 0 Å². The third-order valence-electron chi connectivity index (χ3n) is 2.84. The Morgan fingerprint density at radius 2 is 2.12 bits per heavy atom. The Morgan fingerprint density at radius 1 is 1.41 bits per heavy atom. The second-order valence-electron chi connectivity index (χ2n) is 3.97. The lowest BCUT2D eigenvalue weighted by atomic mass is 10.1. The average molecular weight is 255 g/mol. The maximum Gasteiger partial charge on any atom is 0.149 e. The van der Waals surface area contributed by atoms with Crippen molar-refractivity contribution in [3.05, 3.63) is 12.3 Å². The molecule has 17 heavy (non-hydrogen) atoms. The highest BCUT2D eigenvalue weighted by Gasteiger charge is 2.16. The van der Waals surface area contributed by atoms with E-state index >= 15 is 0 Å². The van der Waals surface area contributed by atoms with Crippen LogP contribution >= 0.6 is 0 Å². The summed E-state index contributed by atoms with van der Waals surface area (Å²) in [6.45, 7) is 1.84. The van der Waals surface area contributed by atoms with Gasteiger partial charge in [-0.2, -0.15) is 0 Å². The van der Waals surface area contributed by atoms with E-state index < -0.39 is 11.3 Å². The Hall–Kier alpha value is -1.34. The highest BCUT2D eigenvalue weighted by molar-refractivity contribution is 7.80. The van der Waals surface area contributed by atoms with E-state index in [4.69, 9.17) is 5.73 Å². The van der Waals surface area contributed by atoms with Gasteiger partial charge in [-0.25, -0.2) is 4.98 Å². The molecule has 0 spiro atoms. The predicted octanol–water partition coefficient (Wildman–Crippen LogP) is 0.860. The minimum atomic E-state index is -2.39. The molecule has 3 N–H and O–H groups in total.